The van der Waals surface area contributed by atoms with Crippen LogP contribution in [0.2, 0.25) is 0 Å². The number of benzene rings is 1. The third-order valence-corrected chi connectivity index (χ3v) is 3.56. The topological polar surface area (TPSA) is 46.2 Å². The van der Waals surface area contributed by atoms with Gasteiger partial charge in [0.25, 0.3) is 0 Å². The van der Waals surface area contributed by atoms with Gasteiger partial charge in [-0.3, -0.25) is 4.72 Å². The molecule has 0 unspecified atom stereocenters. The van der Waals surface area contributed by atoms with Crippen LogP contribution in [-0.2, 0) is 10.0 Å². The second kappa shape index (κ2) is 4.81. The largest absolute Gasteiger partial charge is 0.283 e. The monoisotopic (exact) mass is 251 g/mol. The highest BCUT2D eigenvalue weighted by Crippen LogP contribution is 2.18. The van der Waals surface area contributed by atoms with Crippen molar-refractivity contribution in [1.82, 2.24) is 0 Å². The zero-order chi connectivity index (χ0) is 11.5. The fourth-order valence-corrected chi connectivity index (χ4v) is 2.51. The first kappa shape index (κ1) is 12.3. The molecule has 0 aromatic heterocycles. The first-order valence-electron chi connectivity index (χ1n) is 4.28. The fraction of sp³-hybridized carbons (Fsp3) is 0.333. The Bertz CT molecular complexity index is 447. The maximum atomic E-state index is 13.1. The molecule has 0 aliphatic heterocycles. The lowest BCUT2D eigenvalue weighted by atomic mass is 10.2. The highest BCUT2D eigenvalue weighted by molar-refractivity contribution is 7.92. The van der Waals surface area contributed by atoms with Gasteiger partial charge >= 0.3 is 0 Å². The summed E-state index contributed by atoms with van der Waals surface area (Å²) in [5, 5.41) is 0. The van der Waals surface area contributed by atoms with Crippen LogP contribution in [-0.4, -0.2) is 20.1 Å². The van der Waals surface area contributed by atoms with E-state index < -0.39 is 15.8 Å². The molecule has 0 aliphatic rings. The first-order chi connectivity index (χ1) is 6.96. The summed E-state index contributed by atoms with van der Waals surface area (Å²) in [5.74, 6) is -0.630. The van der Waals surface area contributed by atoms with Crippen LogP contribution in [0.15, 0.2) is 18.2 Å². The minimum absolute atomic E-state index is 0.00367. The molecule has 0 bridgehead atoms. The van der Waals surface area contributed by atoms with Gasteiger partial charge in [0.05, 0.1) is 11.4 Å². The molecule has 1 rings (SSSR count). The molecule has 0 spiro atoms. The van der Waals surface area contributed by atoms with Gasteiger partial charge in [0.15, 0.2) is 0 Å². The van der Waals surface area contributed by atoms with Crippen molar-refractivity contribution in [3.8, 4) is 0 Å². The molecule has 84 valence electrons. The van der Waals surface area contributed by atoms with Gasteiger partial charge in [-0.2, -0.15) is 0 Å². The first-order valence-corrected chi connectivity index (χ1v) is 6.46. The van der Waals surface area contributed by atoms with Crippen molar-refractivity contribution in [2.75, 3.05) is 16.4 Å². The van der Waals surface area contributed by atoms with Gasteiger partial charge in [-0.25, -0.2) is 12.8 Å². The van der Waals surface area contributed by atoms with Gasteiger partial charge in [-0.1, -0.05) is 6.07 Å². The molecule has 6 heteroatoms. The lowest BCUT2D eigenvalue weighted by molar-refractivity contribution is 0.602. The van der Waals surface area contributed by atoms with Crippen LogP contribution in [0.1, 0.15) is 5.56 Å². The zero-order valence-corrected chi connectivity index (χ0v) is 9.70. The van der Waals surface area contributed by atoms with Crippen LogP contribution in [0.4, 0.5) is 10.1 Å². The SMILES string of the molecule is Cc1c(F)cccc1NS(=O)(=O)CCCl. The molecule has 0 amide bonds. The van der Waals surface area contributed by atoms with Gasteiger partial charge in [0.1, 0.15) is 5.82 Å². The van der Waals surface area contributed by atoms with E-state index in [1.807, 2.05) is 0 Å². The molecule has 3 nitrogen and oxygen atoms in total. The van der Waals surface area contributed by atoms with Gasteiger partial charge < -0.3 is 0 Å². The number of alkyl halides is 1. The molecule has 0 saturated heterocycles. The lowest BCUT2D eigenvalue weighted by Crippen LogP contribution is -2.18. The molecule has 0 aliphatic carbocycles. The van der Waals surface area contributed by atoms with Crippen molar-refractivity contribution in [1.29, 1.82) is 0 Å². The minimum Gasteiger partial charge on any atom is -0.283 e. The van der Waals surface area contributed by atoms with Gasteiger partial charge in [-0.05, 0) is 19.1 Å². The van der Waals surface area contributed by atoms with E-state index in [2.05, 4.69) is 4.72 Å². The smallest absolute Gasteiger partial charge is 0.233 e. The average molecular weight is 252 g/mol. The van der Waals surface area contributed by atoms with E-state index in [1.54, 1.807) is 0 Å². The van der Waals surface area contributed by atoms with Gasteiger partial charge in [-0.15, -0.1) is 11.6 Å². The molecule has 0 radical (unpaired) electrons. The summed E-state index contributed by atoms with van der Waals surface area (Å²) in [4.78, 5) is 0. The van der Waals surface area contributed by atoms with Crippen molar-refractivity contribution >= 4 is 27.3 Å². The Morgan fingerprint density at radius 1 is 1.47 bits per heavy atom. The number of hydrogen-bond acceptors (Lipinski definition) is 2. The Morgan fingerprint density at radius 2 is 2.13 bits per heavy atom. The van der Waals surface area contributed by atoms with E-state index >= 15 is 0 Å². The number of halogens is 2. The Balaban J connectivity index is 2.95. The highest BCUT2D eigenvalue weighted by Gasteiger charge is 2.12. The van der Waals surface area contributed by atoms with Crippen LogP contribution < -0.4 is 4.72 Å². The quantitative estimate of drug-likeness (QED) is 0.834. The van der Waals surface area contributed by atoms with Crippen LogP contribution in [0.3, 0.4) is 0 Å². The summed E-state index contributed by atoms with van der Waals surface area (Å²) >= 11 is 5.33. The summed E-state index contributed by atoms with van der Waals surface area (Å²) in [6.45, 7) is 1.51. The predicted octanol–water partition coefficient (Wildman–Crippen LogP) is 2.11. The normalized spacial score (nSPS) is 11.4. The minimum atomic E-state index is -3.47. The molecule has 15 heavy (non-hydrogen) atoms. The highest BCUT2D eigenvalue weighted by atomic mass is 35.5. The molecule has 1 aromatic rings. The second-order valence-electron chi connectivity index (χ2n) is 3.02. The van der Waals surface area contributed by atoms with Crippen LogP contribution in [0.25, 0.3) is 0 Å². The number of nitrogens with one attached hydrogen (secondary N) is 1. The van der Waals surface area contributed by atoms with Crippen LogP contribution in [0.5, 0.6) is 0 Å². The Morgan fingerprint density at radius 3 is 2.73 bits per heavy atom. The van der Waals surface area contributed by atoms with Crippen molar-refractivity contribution in [2.45, 2.75) is 6.92 Å². The molecular weight excluding hydrogens is 241 g/mol. The van der Waals surface area contributed by atoms with E-state index in [0.717, 1.165) is 0 Å². The fourth-order valence-electron chi connectivity index (χ4n) is 1.04. The summed E-state index contributed by atoms with van der Waals surface area (Å²) in [6, 6.07) is 4.22. The van der Waals surface area contributed by atoms with Crippen molar-refractivity contribution < 1.29 is 12.8 Å². The van der Waals surface area contributed by atoms with E-state index in [4.69, 9.17) is 11.6 Å². The number of anilines is 1. The molecule has 0 saturated carbocycles. The van der Waals surface area contributed by atoms with E-state index in [0.29, 0.717) is 0 Å². The molecule has 1 aromatic carbocycles. The van der Waals surface area contributed by atoms with Crippen LogP contribution >= 0.6 is 11.6 Å². The summed E-state index contributed by atoms with van der Waals surface area (Å²) < 4.78 is 38.0. The number of rotatable bonds is 4. The van der Waals surface area contributed by atoms with Crippen molar-refractivity contribution in [3.05, 3.63) is 29.6 Å². The Labute approximate surface area is 93.3 Å². The van der Waals surface area contributed by atoms with E-state index in [9.17, 15) is 12.8 Å². The standard InChI is InChI=1S/C9H11ClFNO2S/c1-7-8(11)3-2-4-9(7)12-15(13,14)6-5-10/h2-4,12H,5-6H2,1H3. The average Bonchev–Trinajstić information content (AvgIpc) is 2.12. The van der Waals surface area contributed by atoms with Gasteiger partial charge in [0, 0.05) is 11.4 Å². The summed E-state index contributed by atoms with van der Waals surface area (Å²) in [6.07, 6.45) is 0. The molecule has 0 fully saturated rings. The van der Waals surface area contributed by atoms with Gasteiger partial charge in [0.2, 0.25) is 10.0 Å². The molecule has 1 N–H and O–H groups in total. The Hall–Kier alpha value is -0.810. The molecule has 0 heterocycles. The molecular formula is C9H11ClFNO2S. The predicted molar refractivity (Wildman–Crippen MR) is 59.3 cm³/mol. The number of hydrogen-bond donors (Lipinski definition) is 1. The van der Waals surface area contributed by atoms with E-state index in [-0.39, 0.29) is 22.9 Å². The summed E-state index contributed by atoms with van der Waals surface area (Å²) in [7, 11) is -3.47. The third-order valence-electron chi connectivity index (χ3n) is 1.88. The van der Waals surface area contributed by atoms with Crippen LogP contribution in [0, 0.1) is 12.7 Å². The zero-order valence-electron chi connectivity index (χ0n) is 8.13. The molecule has 0 atom stereocenters. The van der Waals surface area contributed by atoms with Crippen molar-refractivity contribution in [2.24, 2.45) is 0 Å². The maximum absolute atomic E-state index is 13.1. The third kappa shape index (κ3) is 3.35. The number of sulfonamides is 1. The van der Waals surface area contributed by atoms with Crippen molar-refractivity contribution in [3.63, 3.8) is 0 Å². The lowest BCUT2D eigenvalue weighted by Gasteiger charge is -2.09. The summed E-state index contributed by atoms with van der Waals surface area (Å²) in [5.41, 5.74) is 0.524. The second-order valence-corrected chi connectivity index (χ2v) is 5.24. The van der Waals surface area contributed by atoms with E-state index in [1.165, 1.54) is 25.1 Å². The Kier molecular flexibility index (Phi) is 3.93. The maximum Gasteiger partial charge on any atom is 0.233 e.